The first-order chi connectivity index (χ1) is 8.03. The van der Waals surface area contributed by atoms with Crippen LogP contribution in [-0.2, 0) is 13.1 Å². The van der Waals surface area contributed by atoms with Crippen LogP contribution in [-0.4, -0.2) is 22.4 Å². The summed E-state index contributed by atoms with van der Waals surface area (Å²) >= 11 is 0.0276. The minimum atomic E-state index is -4.13. The molecular formula is C11H17F3N2S. The highest BCUT2D eigenvalue weighted by atomic mass is 32.2. The quantitative estimate of drug-likeness (QED) is 0.763. The summed E-state index contributed by atoms with van der Waals surface area (Å²) in [6.07, 6.45) is 2.87. The van der Waals surface area contributed by atoms with Crippen molar-refractivity contribution in [3.63, 3.8) is 0 Å². The number of hydrogen-bond donors (Lipinski definition) is 1. The Bertz CT molecular complexity index is 323. The molecule has 17 heavy (non-hydrogen) atoms. The summed E-state index contributed by atoms with van der Waals surface area (Å²) in [5, 5.41) is 3.23. The van der Waals surface area contributed by atoms with Crippen LogP contribution in [0.3, 0.4) is 0 Å². The van der Waals surface area contributed by atoms with Crippen LogP contribution < -0.4 is 5.32 Å². The third-order valence-electron chi connectivity index (χ3n) is 2.25. The van der Waals surface area contributed by atoms with Crippen LogP contribution in [0.15, 0.2) is 18.3 Å². The predicted octanol–water partition coefficient (Wildman–Crippen LogP) is 3.24. The number of aromatic nitrogens is 1. The van der Waals surface area contributed by atoms with E-state index in [1.165, 1.54) is 0 Å². The molecule has 0 fully saturated rings. The van der Waals surface area contributed by atoms with Crippen LogP contribution in [0.4, 0.5) is 13.2 Å². The van der Waals surface area contributed by atoms with Crippen molar-refractivity contribution in [2.24, 2.45) is 0 Å². The molecule has 98 valence electrons. The highest BCUT2D eigenvalue weighted by Gasteiger charge is 2.27. The molecule has 0 saturated carbocycles. The molecule has 0 radical (unpaired) electrons. The van der Waals surface area contributed by atoms with Gasteiger partial charge >= 0.3 is 5.51 Å². The Labute approximate surface area is 104 Å². The maximum absolute atomic E-state index is 12.0. The van der Waals surface area contributed by atoms with E-state index < -0.39 is 5.51 Å². The van der Waals surface area contributed by atoms with Gasteiger partial charge in [0.1, 0.15) is 0 Å². The van der Waals surface area contributed by atoms with Crippen LogP contribution in [0, 0.1) is 0 Å². The van der Waals surface area contributed by atoms with Crippen molar-refractivity contribution in [1.29, 1.82) is 0 Å². The van der Waals surface area contributed by atoms with Gasteiger partial charge in [-0.25, -0.2) is 0 Å². The van der Waals surface area contributed by atoms with Gasteiger partial charge < -0.3 is 9.88 Å². The van der Waals surface area contributed by atoms with Gasteiger partial charge in [-0.1, -0.05) is 6.92 Å². The molecule has 1 rings (SSSR count). The van der Waals surface area contributed by atoms with E-state index in [-0.39, 0.29) is 17.5 Å². The molecule has 0 atom stereocenters. The SMILES string of the molecule is CCCNCc1cccn1CCSC(F)(F)F. The highest BCUT2D eigenvalue weighted by Crippen LogP contribution is 2.30. The van der Waals surface area contributed by atoms with E-state index in [1.807, 2.05) is 22.9 Å². The van der Waals surface area contributed by atoms with Crippen molar-refractivity contribution in [2.75, 3.05) is 12.3 Å². The summed E-state index contributed by atoms with van der Waals surface area (Å²) in [6.45, 7) is 4.09. The summed E-state index contributed by atoms with van der Waals surface area (Å²) in [7, 11) is 0. The molecule has 0 aromatic carbocycles. The molecule has 1 heterocycles. The first-order valence-corrected chi connectivity index (χ1v) is 6.57. The molecule has 0 aliphatic heterocycles. The lowest BCUT2D eigenvalue weighted by Crippen LogP contribution is -2.17. The Hall–Kier alpha value is -0.620. The first kappa shape index (κ1) is 14.4. The van der Waals surface area contributed by atoms with Crippen molar-refractivity contribution in [3.8, 4) is 0 Å². The van der Waals surface area contributed by atoms with E-state index in [4.69, 9.17) is 0 Å². The van der Waals surface area contributed by atoms with E-state index in [0.29, 0.717) is 13.1 Å². The zero-order valence-electron chi connectivity index (χ0n) is 9.76. The van der Waals surface area contributed by atoms with Gasteiger partial charge in [-0.15, -0.1) is 0 Å². The van der Waals surface area contributed by atoms with E-state index in [2.05, 4.69) is 12.2 Å². The van der Waals surface area contributed by atoms with Crippen molar-refractivity contribution >= 4 is 11.8 Å². The second kappa shape index (κ2) is 6.96. The number of nitrogens with zero attached hydrogens (tertiary/aromatic N) is 1. The number of nitrogens with one attached hydrogen (secondary N) is 1. The van der Waals surface area contributed by atoms with Crippen molar-refractivity contribution in [1.82, 2.24) is 9.88 Å². The van der Waals surface area contributed by atoms with Gasteiger partial charge in [0, 0.05) is 30.7 Å². The van der Waals surface area contributed by atoms with Crippen LogP contribution >= 0.6 is 11.8 Å². The van der Waals surface area contributed by atoms with Gasteiger partial charge in [0.15, 0.2) is 0 Å². The molecule has 2 nitrogen and oxygen atoms in total. The minimum Gasteiger partial charge on any atom is -0.349 e. The first-order valence-electron chi connectivity index (χ1n) is 5.58. The molecule has 0 bridgehead atoms. The van der Waals surface area contributed by atoms with Gasteiger partial charge in [-0.2, -0.15) is 13.2 Å². The second-order valence-electron chi connectivity index (χ2n) is 3.66. The van der Waals surface area contributed by atoms with E-state index in [0.717, 1.165) is 18.7 Å². The fraction of sp³-hybridized carbons (Fsp3) is 0.636. The maximum atomic E-state index is 12.0. The van der Waals surface area contributed by atoms with E-state index in [1.54, 1.807) is 0 Å². The summed E-state index contributed by atoms with van der Waals surface area (Å²) in [6, 6.07) is 3.79. The minimum absolute atomic E-state index is 0.0276. The zero-order valence-corrected chi connectivity index (χ0v) is 10.6. The standard InChI is InChI=1S/C11H17F3N2S/c1-2-5-15-9-10-4-3-6-16(10)7-8-17-11(12,13)14/h3-4,6,15H,2,5,7-9H2,1H3. The Morgan fingerprint density at radius 1 is 1.41 bits per heavy atom. The Balaban J connectivity index is 2.35. The van der Waals surface area contributed by atoms with Gasteiger partial charge in [0.05, 0.1) is 0 Å². The molecule has 0 unspecified atom stereocenters. The number of thioether (sulfide) groups is 1. The van der Waals surface area contributed by atoms with E-state index in [9.17, 15) is 13.2 Å². The number of aryl methyl sites for hydroxylation is 1. The summed E-state index contributed by atoms with van der Waals surface area (Å²) < 4.78 is 37.8. The fourth-order valence-electron chi connectivity index (χ4n) is 1.48. The number of alkyl halides is 3. The van der Waals surface area contributed by atoms with Crippen LogP contribution in [0.1, 0.15) is 19.0 Å². The smallest absolute Gasteiger partial charge is 0.349 e. The van der Waals surface area contributed by atoms with Crippen molar-refractivity contribution in [3.05, 3.63) is 24.0 Å². The topological polar surface area (TPSA) is 17.0 Å². The molecule has 0 amide bonds. The summed E-state index contributed by atoms with van der Waals surface area (Å²) in [4.78, 5) is 0. The molecule has 0 aliphatic rings. The van der Waals surface area contributed by atoms with Gasteiger partial charge in [0.2, 0.25) is 0 Å². The monoisotopic (exact) mass is 266 g/mol. The fourth-order valence-corrected chi connectivity index (χ4v) is 2.00. The average molecular weight is 266 g/mol. The highest BCUT2D eigenvalue weighted by molar-refractivity contribution is 8.00. The van der Waals surface area contributed by atoms with Crippen LogP contribution in [0.25, 0.3) is 0 Å². The van der Waals surface area contributed by atoms with E-state index >= 15 is 0 Å². The third-order valence-corrected chi connectivity index (χ3v) is 2.97. The van der Waals surface area contributed by atoms with Gasteiger partial charge in [-0.05, 0) is 36.9 Å². The molecule has 1 N–H and O–H groups in total. The van der Waals surface area contributed by atoms with Gasteiger partial charge in [-0.3, -0.25) is 0 Å². The molecule has 1 aromatic heterocycles. The molecule has 0 spiro atoms. The Morgan fingerprint density at radius 3 is 2.82 bits per heavy atom. The maximum Gasteiger partial charge on any atom is 0.441 e. The third kappa shape index (κ3) is 6.02. The largest absolute Gasteiger partial charge is 0.441 e. The molecule has 0 saturated heterocycles. The zero-order chi connectivity index (χ0) is 12.7. The van der Waals surface area contributed by atoms with Crippen molar-refractivity contribution in [2.45, 2.75) is 31.9 Å². The molecule has 0 aliphatic carbocycles. The lowest BCUT2D eigenvalue weighted by molar-refractivity contribution is -0.0328. The Morgan fingerprint density at radius 2 is 2.18 bits per heavy atom. The van der Waals surface area contributed by atoms with Crippen molar-refractivity contribution < 1.29 is 13.2 Å². The molecular weight excluding hydrogens is 249 g/mol. The Kier molecular flexibility index (Phi) is 5.91. The van der Waals surface area contributed by atoms with Crippen LogP contribution in [0.5, 0.6) is 0 Å². The lowest BCUT2D eigenvalue weighted by Gasteiger charge is -2.10. The number of hydrogen-bond acceptors (Lipinski definition) is 2. The van der Waals surface area contributed by atoms with Gasteiger partial charge in [0.25, 0.3) is 0 Å². The van der Waals surface area contributed by atoms with Crippen LogP contribution in [0.2, 0.25) is 0 Å². The molecule has 6 heteroatoms. The number of rotatable bonds is 7. The second-order valence-corrected chi connectivity index (χ2v) is 4.82. The lowest BCUT2D eigenvalue weighted by atomic mass is 10.4. The molecule has 1 aromatic rings. The predicted molar refractivity (Wildman–Crippen MR) is 64.9 cm³/mol. The average Bonchev–Trinajstić information content (AvgIpc) is 2.64. The summed E-state index contributed by atoms with van der Waals surface area (Å²) in [5.74, 6) is 0.0545. The summed E-state index contributed by atoms with van der Waals surface area (Å²) in [5.41, 5.74) is -3.10. The normalized spacial score (nSPS) is 12.0. The number of halogens is 3.